The molecule has 0 aliphatic carbocycles. The molecule has 0 aromatic heterocycles. The largest absolute Gasteiger partial charge is 0.487 e. The van der Waals surface area contributed by atoms with Gasteiger partial charge in [0.2, 0.25) is 5.91 Å². The van der Waals surface area contributed by atoms with Crippen LogP contribution in [0, 0.1) is 13.8 Å². The summed E-state index contributed by atoms with van der Waals surface area (Å²) in [6.45, 7) is 7.46. The number of nitrogens with one attached hydrogen (secondary N) is 1. The molecule has 0 radical (unpaired) electrons. The van der Waals surface area contributed by atoms with Crippen LogP contribution in [0.3, 0.4) is 0 Å². The number of rotatable bonds is 6. The van der Waals surface area contributed by atoms with E-state index in [4.69, 9.17) is 4.74 Å². The molecule has 1 N–H and O–H groups in total. The Bertz CT molecular complexity index is 1300. The minimum atomic E-state index is -3.95. The van der Waals surface area contributed by atoms with Crippen molar-refractivity contribution in [3.63, 3.8) is 0 Å². The third-order valence-electron chi connectivity index (χ3n) is 5.96. The van der Waals surface area contributed by atoms with Gasteiger partial charge in [0.25, 0.3) is 10.0 Å². The lowest BCUT2D eigenvalue weighted by Gasteiger charge is -2.38. The van der Waals surface area contributed by atoms with E-state index in [9.17, 15) is 13.2 Å². The van der Waals surface area contributed by atoms with Crippen LogP contribution in [0.2, 0.25) is 0 Å². The number of aryl methyl sites for hydroxylation is 2. The van der Waals surface area contributed by atoms with Crippen LogP contribution in [0.1, 0.15) is 43.0 Å². The van der Waals surface area contributed by atoms with Crippen LogP contribution in [0.15, 0.2) is 77.7 Å². The van der Waals surface area contributed by atoms with Gasteiger partial charge in [-0.05, 0) is 63.1 Å². The number of para-hydroxylation sites is 1. The molecule has 0 saturated carbocycles. The molecular weight excluding hydrogens is 448 g/mol. The number of ether oxygens (including phenoxy) is 1. The quantitative estimate of drug-likeness (QED) is 0.546. The van der Waals surface area contributed by atoms with Crippen molar-refractivity contribution in [2.24, 2.45) is 0 Å². The lowest BCUT2D eigenvalue weighted by Crippen LogP contribution is -2.45. The van der Waals surface area contributed by atoms with Crippen molar-refractivity contribution in [3.8, 4) is 5.75 Å². The Morgan fingerprint density at radius 3 is 2.41 bits per heavy atom. The Kier molecular flexibility index (Phi) is 6.41. The summed E-state index contributed by atoms with van der Waals surface area (Å²) in [7, 11) is -3.95. The average Bonchev–Trinajstić information content (AvgIpc) is 2.77. The van der Waals surface area contributed by atoms with Crippen LogP contribution in [-0.2, 0) is 14.8 Å². The molecule has 0 spiro atoms. The van der Waals surface area contributed by atoms with E-state index in [1.54, 1.807) is 30.3 Å². The Morgan fingerprint density at radius 2 is 1.71 bits per heavy atom. The fourth-order valence-electron chi connectivity index (χ4n) is 4.32. The minimum Gasteiger partial charge on any atom is -0.487 e. The predicted molar refractivity (Wildman–Crippen MR) is 134 cm³/mol. The van der Waals surface area contributed by atoms with E-state index in [1.165, 1.54) is 16.4 Å². The molecule has 0 bridgehead atoms. The molecule has 178 valence electrons. The van der Waals surface area contributed by atoms with E-state index in [1.807, 2.05) is 58.0 Å². The first-order chi connectivity index (χ1) is 16.1. The van der Waals surface area contributed by atoms with Crippen LogP contribution in [0.25, 0.3) is 0 Å². The van der Waals surface area contributed by atoms with Crippen LogP contribution in [0.5, 0.6) is 5.75 Å². The number of fused-ring (bicyclic) bond motifs is 1. The van der Waals surface area contributed by atoms with Crippen molar-refractivity contribution < 1.29 is 17.9 Å². The standard InChI is InChI=1S/C27H30N2O4S/c1-19-14-15-22-23(17-27(3,4)33-25(22)16-19)28-26(30)18-29(24-13-9-8-10-20(24)2)34(31,32)21-11-6-5-7-12-21/h5-16,23H,17-18H2,1-4H3,(H,28,30). The summed E-state index contributed by atoms with van der Waals surface area (Å²) < 4.78 is 34.5. The Hall–Kier alpha value is -3.32. The Labute approximate surface area is 201 Å². The number of sulfonamides is 1. The highest BCUT2D eigenvalue weighted by Crippen LogP contribution is 2.40. The summed E-state index contributed by atoms with van der Waals surface area (Å²) in [5, 5.41) is 3.07. The van der Waals surface area contributed by atoms with Crippen molar-refractivity contribution in [3.05, 3.63) is 89.5 Å². The van der Waals surface area contributed by atoms with Gasteiger partial charge in [-0.1, -0.05) is 48.5 Å². The highest BCUT2D eigenvalue weighted by molar-refractivity contribution is 7.92. The Balaban J connectivity index is 1.66. The van der Waals surface area contributed by atoms with Gasteiger partial charge in [-0.2, -0.15) is 0 Å². The zero-order valence-corrected chi connectivity index (χ0v) is 20.7. The fourth-order valence-corrected chi connectivity index (χ4v) is 5.83. The topological polar surface area (TPSA) is 75.7 Å². The second kappa shape index (κ2) is 9.14. The first kappa shape index (κ1) is 23.8. The molecule has 1 amide bonds. The van der Waals surface area contributed by atoms with Crippen molar-refractivity contribution in [2.45, 2.75) is 50.7 Å². The molecule has 34 heavy (non-hydrogen) atoms. The summed E-state index contributed by atoms with van der Waals surface area (Å²) in [4.78, 5) is 13.5. The summed E-state index contributed by atoms with van der Waals surface area (Å²) in [6, 6.07) is 21.0. The minimum absolute atomic E-state index is 0.138. The van der Waals surface area contributed by atoms with E-state index in [-0.39, 0.29) is 23.4 Å². The van der Waals surface area contributed by atoms with Crippen LogP contribution in [-0.4, -0.2) is 26.5 Å². The number of anilines is 1. The van der Waals surface area contributed by atoms with Crippen LogP contribution < -0.4 is 14.4 Å². The van der Waals surface area contributed by atoms with Gasteiger partial charge >= 0.3 is 0 Å². The number of hydrogen-bond donors (Lipinski definition) is 1. The SMILES string of the molecule is Cc1ccc2c(c1)OC(C)(C)CC2NC(=O)CN(c1ccccc1C)S(=O)(=O)c1ccccc1. The summed E-state index contributed by atoms with van der Waals surface area (Å²) >= 11 is 0. The molecule has 0 saturated heterocycles. The zero-order valence-electron chi connectivity index (χ0n) is 19.9. The average molecular weight is 479 g/mol. The lowest BCUT2D eigenvalue weighted by atomic mass is 9.89. The second-order valence-electron chi connectivity index (χ2n) is 9.34. The molecule has 3 aromatic rings. The molecule has 4 rings (SSSR count). The molecule has 6 nitrogen and oxygen atoms in total. The molecule has 0 fully saturated rings. The normalized spacial score (nSPS) is 16.8. The maximum absolute atomic E-state index is 13.6. The summed E-state index contributed by atoms with van der Waals surface area (Å²) in [6.07, 6.45) is 0.574. The molecule has 3 aromatic carbocycles. The molecule has 1 heterocycles. The predicted octanol–water partition coefficient (Wildman–Crippen LogP) is 4.92. The van der Waals surface area contributed by atoms with Crippen LogP contribution >= 0.6 is 0 Å². The summed E-state index contributed by atoms with van der Waals surface area (Å²) in [5.74, 6) is 0.367. The third-order valence-corrected chi connectivity index (χ3v) is 7.74. The molecule has 1 aliphatic rings. The smallest absolute Gasteiger partial charge is 0.264 e. The van der Waals surface area contributed by atoms with E-state index < -0.39 is 15.6 Å². The van der Waals surface area contributed by atoms with Crippen molar-refractivity contribution in [1.29, 1.82) is 0 Å². The van der Waals surface area contributed by atoms with E-state index in [0.717, 1.165) is 22.4 Å². The molecule has 7 heteroatoms. The lowest BCUT2D eigenvalue weighted by molar-refractivity contribution is -0.120. The maximum atomic E-state index is 13.6. The van der Waals surface area contributed by atoms with Gasteiger partial charge in [0, 0.05) is 12.0 Å². The first-order valence-electron chi connectivity index (χ1n) is 11.3. The highest BCUT2D eigenvalue weighted by atomic mass is 32.2. The van der Waals surface area contributed by atoms with E-state index in [0.29, 0.717) is 12.1 Å². The number of carbonyl (C=O) groups excluding carboxylic acids is 1. The van der Waals surface area contributed by atoms with Gasteiger partial charge in [0.1, 0.15) is 17.9 Å². The molecular formula is C27H30N2O4S. The number of amides is 1. The molecule has 1 aliphatic heterocycles. The second-order valence-corrected chi connectivity index (χ2v) is 11.2. The monoisotopic (exact) mass is 478 g/mol. The van der Waals surface area contributed by atoms with Gasteiger partial charge in [0.05, 0.1) is 16.6 Å². The summed E-state index contributed by atoms with van der Waals surface area (Å²) in [5.41, 5.74) is 2.74. The first-order valence-corrected chi connectivity index (χ1v) is 12.7. The Morgan fingerprint density at radius 1 is 1.03 bits per heavy atom. The number of benzene rings is 3. The molecule has 1 atom stereocenters. The highest BCUT2D eigenvalue weighted by Gasteiger charge is 2.35. The third kappa shape index (κ3) is 4.94. The van der Waals surface area contributed by atoms with E-state index >= 15 is 0 Å². The van der Waals surface area contributed by atoms with Crippen LogP contribution in [0.4, 0.5) is 5.69 Å². The van der Waals surface area contributed by atoms with Gasteiger partial charge in [0.15, 0.2) is 0 Å². The van der Waals surface area contributed by atoms with Crippen molar-refractivity contribution in [2.75, 3.05) is 10.8 Å². The van der Waals surface area contributed by atoms with Gasteiger partial charge in [-0.15, -0.1) is 0 Å². The van der Waals surface area contributed by atoms with Gasteiger partial charge < -0.3 is 10.1 Å². The molecule has 1 unspecified atom stereocenters. The number of hydrogen-bond acceptors (Lipinski definition) is 4. The maximum Gasteiger partial charge on any atom is 0.264 e. The van der Waals surface area contributed by atoms with Crippen molar-refractivity contribution in [1.82, 2.24) is 5.32 Å². The van der Waals surface area contributed by atoms with E-state index in [2.05, 4.69) is 5.32 Å². The van der Waals surface area contributed by atoms with Gasteiger partial charge in [-0.25, -0.2) is 8.42 Å². The number of nitrogens with zero attached hydrogens (tertiary/aromatic N) is 1. The van der Waals surface area contributed by atoms with Gasteiger partial charge in [-0.3, -0.25) is 9.10 Å². The zero-order chi connectivity index (χ0) is 24.5. The van der Waals surface area contributed by atoms with Crippen molar-refractivity contribution >= 4 is 21.6 Å². The fraction of sp³-hybridized carbons (Fsp3) is 0.296. The number of carbonyl (C=O) groups is 1.